The van der Waals surface area contributed by atoms with Crippen LogP contribution in [0.4, 0.5) is 0 Å². The number of rotatable bonds is 9. The lowest BCUT2D eigenvalue weighted by atomic mass is 9.98. The van der Waals surface area contributed by atoms with Gasteiger partial charge in [-0.05, 0) is 0 Å². The van der Waals surface area contributed by atoms with Gasteiger partial charge in [-0.2, -0.15) is 0 Å². The van der Waals surface area contributed by atoms with Crippen molar-refractivity contribution in [3.63, 3.8) is 0 Å². The van der Waals surface area contributed by atoms with Crippen molar-refractivity contribution in [2.24, 2.45) is 0 Å². The molecule has 1 saturated heterocycles. The number of hydrogen-bond acceptors (Lipinski definition) is 10. The molecular weight excluding hydrogens is 376 g/mol. The average Bonchev–Trinajstić information content (AvgIpc) is 2.69. The zero-order valence-electron chi connectivity index (χ0n) is 16.5. The Morgan fingerprint density at radius 1 is 0.714 bits per heavy atom. The van der Waals surface area contributed by atoms with Crippen molar-refractivity contribution in [3.05, 3.63) is 0 Å². The van der Waals surface area contributed by atoms with Gasteiger partial charge in [-0.1, -0.05) is 27.7 Å². The molecule has 0 aromatic rings. The molecule has 0 aromatic carbocycles. The van der Waals surface area contributed by atoms with Gasteiger partial charge in [0.25, 0.3) is 0 Å². The molecule has 28 heavy (non-hydrogen) atoms. The van der Waals surface area contributed by atoms with Crippen LogP contribution in [0.1, 0.15) is 53.4 Å². The Kier molecular flexibility index (Phi) is 9.88. The third-order valence-corrected chi connectivity index (χ3v) is 3.98. The first kappa shape index (κ1) is 23.8. The van der Waals surface area contributed by atoms with E-state index in [0.717, 1.165) is 0 Å². The fourth-order valence-corrected chi connectivity index (χ4v) is 2.41. The van der Waals surface area contributed by atoms with E-state index in [4.69, 9.17) is 23.7 Å². The summed E-state index contributed by atoms with van der Waals surface area (Å²) in [6.45, 7) is 5.92. The van der Waals surface area contributed by atoms with Gasteiger partial charge in [0.1, 0.15) is 12.7 Å². The van der Waals surface area contributed by atoms with Gasteiger partial charge >= 0.3 is 23.9 Å². The zero-order chi connectivity index (χ0) is 21.3. The predicted octanol–water partition coefficient (Wildman–Crippen LogP) is 0.622. The van der Waals surface area contributed by atoms with Crippen molar-refractivity contribution in [2.75, 3.05) is 6.61 Å². The van der Waals surface area contributed by atoms with Crippen LogP contribution in [0.5, 0.6) is 0 Å². The van der Waals surface area contributed by atoms with Gasteiger partial charge in [0.2, 0.25) is 0 Å². The monoisotopic (exact) mass is 404 g/mol. The fourth-order valence-electron chi connectivity index (χ4n) is 2.41. The van der Waals surface area contributed by atoms with Gasteiger partial charge < -0.3 is 28.8 Å². The molecule has 1 N–H and O–H groups in total. The topological polar surface area (TPSA) is 135 Å². The molecule has 1 rings (SSSR count). The Morgan fingerprint density at radius 2 is 1.14 bits per heavy atom. The molecule has 0 radical (unpaired) electrons. The van der Waals surface area contributed by atoms with Gasteiger partial charge in [-0.15, -0.1) is 0 Å². The Morgan fingerprint density at radius 3 is 1.61 bits per heavy atom. The molecule has 1 aliphatic rings. The lowest BCUT2D eigenvalue weighted by Gasteiger charge is -2.42. The molecule has 5 atom stereocenters. The number of carbonyl (C=O) groups is 4. The molecule has 1 aliphatic heterocycles. The third kappa shape index (κ3) is 6.75. The van der Waals surface area contributed by atoms with E-state index >= 15 is 0 Å². The summed E-state index contributed by atoms with van der Waals surface area (Å²) in [5, 5.41) is 10.3. The summed E-state index contributed by atoms with van der Waals surface area (Å²) in [5.41, 5.74) is 0. The predicted molar refractivity (Wildman–Crippen MR) is 92.6 cm³/mol. The van der Waals surface area contributed by atoms with Crippen LogP contribution in [-0.4, -0.2) is 66.3 Å². The zero-order valence-corrected chi connectivity index (χ0v) is 16.5. The smallest absolute Gasteiger partial charge is 0.306 e. The standard InChI is InChI=1S/C18H28O10/c1-5-11(19)24-9-10-15(26-12(20)6-2)16(27-13(21)7-3)17(18(23)25-10)28-14(22)8-4/h10,15-18,23H,5-9H2,1-4H3/t10-,15-,16+,17-,18+/m1/s1. The molecule has 0 amide bonds. The Bertz CT molecular complexity index is 561. The largest absolute Gasteiger partial charge is 0.463 e. The maximum Gasteiger partial charge on any atom is 0.306 e. The minimum Gasteiger partial charge on any atom is -0.463 e. The molecule has 0 saturated carbocycles. The molecule has 0 aromatic heterocycles. The van der Waals surface area contributed by atoms with E-state index < -0.39 is 54.6 Å². The molecule has 0 unspecified atom stereocenters. The maximum absolute atomic E-state index is 11.9. The molecule has 0 spiro atoms. The summed E-state index contributed by atoms with van der Waals surface area (Å²) < 4.78 is 26.2. The molecule has 1 fully saturated rings. The first-order chi connectivity index (χ1) is 13.3. The Hall–Kier alpha value is -2.20. The number of esters is 4. The lowest BCUT2D eigenvalue weighted by Crippen LogP contribution is -2.62. The van der Waals surface area contributed by atoms with E-state index in [2.05, 4.69) is 0 Å². The first-order valence-corrected chi connectivity index (χ1v) is 9.34. The minimum absolute atomic E-state index is 0.00578. The van der Waals surface area contributed by atoms with E-state index in [-0.39, 0.29) is 32.3 Å². The number of aliphatic hydroxyl groups excluding tert-OH is 1. The van der Waals surface area contributed by atoms with E-state index in [1.165, 1.54) is 0 Å². The van der Waals surface area contributed by atoms with Crippen LogP contribution in [0.2, 0.25) is 0 Å². The SMILES string of the molecule is CCC(=O)OC[C@H]1O[C@H](O)[C@H](OC(=O)CC)[C@@H](OC(=O)CC)[C@@H]1OC(=O)CC. The molecule has 160 valence electrons. The van der Waals surface area contributed by atoms with Crippen molar-refractivity contribution in [3.8, 4) is 0 Å². The molecule has 1 heterocycles. The Labute approximate surface area is 163 Å². The van der Waals surface area contributed by atoms with Crippen LogP contribution in [0.25, 0.3) is 0 Å². The highest BCUT2D eigenvalue weighted by atomic mass is 16.7. The first-order valence-electron chi connectivity index (χ1n) is 9.34. The highest BCUT2D eigenvalue weighted by Crippen LogP contribution is 2.28. The van der Waals surface area contributed by atoms with Gasteiger partial charge in [-0.3, -0.25) is 19.2 Å². The normalized spacial score (nSPS) is 26.8. The van der Waals surface area contributed by atoms with Gasteiger partial charge in [0.05, 0.1) is 0 Å². The number of ether oxygens (including phenoxy) is 5. The van der Waals surface area contributed by atoms with Crippen molar-refractivity contribution >= 4 is 23.9 Å². The molecule has 10 heteroatoms. The lowest BCUT2D eigenvalue weighted by molar-refractivity contribution is -0.297. The van der Waals surface area contributed by atoms with Crippen LogP contribution < -0.4 is 0 Å². The summed E-state index contributed by atoms with van der Waals surface area (Å²) in [5.74, 6) is -2.48. The second-order valence-corrected chi connectivity index (χ2v) is 6.03. The highest BCUT2D eigenvalue weighted by molar-refractivity contribution is 5.71. The summed E-state index contributed by atoms with van der Waals surface area (Å²) in [6.07, 6.45) is -6.62. The quantitative estimate of drug-likeness (QED) is 0.430. The number of carbonyl (C=O) groups excluding carboxylic acids is 4. The van der Waals surface area contributed by atoms with Crippen LogP contribution in [0.3, 0.4) is 0 Å². The van der Waals surface area contributed by atoms with E-state index in [0.29, 0.717) is 0 Å². The molecule has 10 nitrogen and oxygen atoms in total. The van der Waals surface area contributed by atoms with Crippen LogP contribution >= 0.6 is 0 Å². The number of hydrogen-bond donors (Lipinski definition) is 1. The number of aliphatic hydroxyl groups is 1. The summed E-state index contributed by atoms with van der Waals surface area (Å²) in [4.78, 5) is 47.0. The highest BCUT2D eigenvalue weighted by Gasteiger charge is 2.52. The second kappa shape index (κ2) is 11.6. The van der Waals surface area contributed by atoms with Gasteiger partial charge in [0.15, 0.2) is 24.6 Å². The van der Waals surface area contributed by atoms with E-state index in [1.54, 1.807) is 27.7 Å². The molecule has 0 bridgehead atoms. The molecule has 0 aliphatic carbocycles. The Balaban J connectivity index is 3.17. The van der Waals surface area contributed by atoms with Crippen LogP contribution in [0, 0.1) is 0 Å². The third-order valence-electron chi connectivity index (χ3n) is 3.98. The van der Waals surface area contributed by atoms with Gasteiger partial charge in [-0.25, -0.2) is 0 Å². The fraction of sp³-hybridized carbons (Fsp3) is 0.778. The molecular formula is C18H28O10. The minimum atomic E-state index is -1.67. The summed E-state index contributed by atoms with van der Waals surface area (Å²) in [7, 11) is 0. The van der Waals surface area contributed by atoms with Crippen LogP contribution in [-0.2, 0) is 42.9 Å². The van der Waals surface area contributed by atoms with E-state index in [1.807, 2.05) is 0 Å². The summed E-state index contributed by atoms with van der Waals surface area (Å²) in [6, 6.07) is 0. The van der Waals surface area contributed by atoms with Crippen molar-refractivity contribution in [1.29, 1.82) is 0 Å². The average molecular weight is 404 g/mol. The van der Waals surface area contributed by atoms with Crippen LogP contribution in [0.15, 0.2) is 0 Å². The van der Waals surface area contributed by atoms with Crippen molar-refractivity contribution in [2.45, 2.75) is 84.1 Å². The second-order valence-electron chi connectivity index (χ2n) is 6.03. The van der Waals surface area contributed by atoms with E-state index in [9.17, 15) is 24.3 Å². The maximum atomic E-state index is 11.9. The van der Waals surface area contributed by atoms with Crippen molar-refractivity contribution < 1.29 is 48.0 Å². The van der Waals surface area contributed by atoms with Crippen molar-refractivity contribution in [1.82, 2.24) is 0 Å². The van der Waals surface area contributed by atoms with Gasteiger partial charge in [0, 0.05) is 25.7 Å². The summed E-state index contributed by atoms with van der Waals surface area (Å²) >= 11 is 0.